The van der Waals surface area contributed by atoms with E-state index in [0.717, 1.165) is 34.3 Å². The third-order valence-electron chi connectivity index (χ3n) is 4.18. The lowest BCUT2D eigenvalue weighted by atomic mass is 9.83. The fraction of sp³-hybridized carbons (Fsp3) is 0.571. The Morgan fingerprint density at radius 3 is 2.72 bits per heavy atom. The van der Waals surface area contributed by atoms with Crippen LogP contribution in [0.25, 0.3) is 10.2 Å². The van der Waals surface area contributed by atoms with Gasteiger partial charge in [-0.3, -0.25) is 0 Å². The second-order valence-corrected chi connectivity index (χ2v) is 6.79. The summed E-state index contributed by atoms with van der Waals surface area (Å²) in [6, 6.07) is 0. The summed E-state index contributed by atoms with van der Waals surface area (Å²) >= 11 is 8.11. The summed E-state index contributed by atoms with van der Waals surface area (Å²) in [5.74, 6) is 2.46. The Balaban J connectivity index is 1.74. The molecule has 0 atom stereocenters. The van der Waals surface area contributed by atoms with Gasteiger partial charge in [-0.05, 0) is 35.6 Å². The van der Waals surface area contributed by atoms with E-state index >= 15 is 0 Å². The molecule has 2 aliphatic carbocycles. The summed E-state index contributed by atoms with van der Waals surface area (Å²) in [6.45, 7) is 0. The van der Waals surface area contributed by atoms with Crippen molar-refractivity contribution in [2.45, 2.75) is 44.4 Å². The van der Waals surface area contributed by atoms with Gasteiger partial charge in [-0.25, -0.2) is 9.97 Å². The number of nitrogens with zero attached hydrogens (tertiary/aromatic N) is 2. The molecule has 0 amide bonds. The highest BCUT2D eigenvalue weighted by atomic mass is 35.5. The molecule has 4 rings (SSSR count). The Labute approximate surface area is 115 Å². The van der Waals surface area contributed by atoms with Crippen molar-refractivity contribution in [1.29, 1.82) is 0 Å². The van der Waals surface area contributed by atoms with E-state index in [1.54, 1.807) is 11.3 Å². The molecule has 0 saturated heterocycles. The molecule has 2 aromatic heterocycles. The van der Waals surface area contributed by atoms with Crippen LogP contribution in [0.2, 0.25) is 5.15 Å². The lowest BCUT2D eigenvalue weighted by Gasteiger charge is -2.24. The first-order valence-corrected chi connectivity index (χ1v) is 8.00. The first-order chi connectivity index (χ1) is 8.81. The molecule has 2 saturated carbocycles. The third-order valence-corrected chi connectivity index (χ3v) is 5.34. The maximum atomic E-state index is 6.38. The summed E-state index contributed by atoms with van der Waals surface area (Å²) in [5, 5.41) is 4.04. The smallest absolute Gasteiger partial charge is 0.141 e. The summed E-state index contributed by atoms with van der Waals surface area (Å²) in [6.07, 6.45) is 7.63. The average Bonchev–Trinajstić information content (AvgIpc) is 3.05. The van der Waals surface area contributed by atoms with E-state index < -0.39 is 0 Å². The molecule has 2 aliphatic rings. The first-order valence-electron chi connectivity index (χ1n) is 6.75. The molecule has 2 fully saturated rings. The van der Waals surface area contributed by atoms with E-state index in [0.29, 0.717) is 5.15 Å². The number of hydrogen-bond acceptors (Lipinski definition) is 3. The van der Waals surface area contributed by atoms with E-state index in [9.17, 15) is 0 Å². The van der Waals surface area contributed by atoms with Crippen molar-refractivity contribution in [2.75, 3.05) is 0 Å². The van der Waals surface area contributed by atoms with E-state index in [4.69, 9.17) is 16.6 Å². The van der Waals surface area contributed by atoms with Gasteiger partial charge in [0.05, 0.1) is 5.39 Å². The number of aromatic nitrogens is 2. The molecule has 0 radical (unpaired) electrons. The standard InChI is InChI=1S/C14H15ClN2S/c15-13-12-10(9-4-5-9)7-18-14(12)17-11(16-13)6-8-2-1-3-8/h7-9H,1-6H2. The molecule has 0 N–H and O–H groups in total. The van der Waals surface area contributed by atoms with Crippen molar-refractivity contribution in [1.82, 2.24) is 9.97 Å². The van der Waals surface area contributed by atoms with Crippen molar-refractivity contribution in [3.05, 3.63) is 21.9 Å². The lowest BCUT2D eigenvalue weighted by molar-refractivity contribution is 0.309. The molecule has 2 aromatic rings. The van der Waals surface area contributed by atoms with Gasteiger partial charge in [0.15, 0.2) is 0 Å². The van der Waals surface area contributed by atoms with Crippen molar-refractivity contribution in [3.8, 4) is 0 Å². The highest BCUT2D eigenvalue weighted by Crippen LogP contribution is 2.46. The van der Waals surface area contributed by atoms with Crippen LogP contribution in [0.4, 0.5) is 0 Å². The monoisotopic (exact) mass is 278 g/mol. The van der Waals surface area contributed by atoms with Gasteiger partial charge in [0.2, 0.25) is 0 Å². The zero-order valence-electron chi connectivity index (χ0n) is 10.2. The minimum absolute atomic E-state index is 0.678. The third kappa shape index (κ3) is 1.84. The molecular weight excluding hydrogens is 264 g/mol. The Bertz CT molecular complexity index is 599. The minimum atomic E-state index is 0.678. The van der Waals surface area contributed by atoms with Crippen LogP contribution in [0.15, 0.2) is 5.38 Å². The second kappa shape index (κ2) is 4.17. The topological polar surface area (TPSA) is 25.8 Å². The van der Waals surface area contributed by atoms with Crippen LogP contribution in [0.1, 0.15) is 49.4 Å². The molecule has 0 bridgehead atoms. The fourth-order valence-electron chi connectivity index (χ4n) is 2.70. The van der Waals surface area contributed by atoms with Crippen LogP contribution in [-0.4, -0.2) is 9.97 Å². The second-order valence-electron chi connectivity index (χ2n) is 5.58. The zero-order chi connectivity index (χ0) is 12.1. The molecule has 0 aromatic carbocycles. The Kier molecular flexibility index (Phi) is 2.59. The molecule has 4 heteroatoms. The lowest BCUT2D eigenvalue weighted by Crippen LogP contribution is -2.15. The van der Waals surface area contributed by atoms with Gasteiger partial charge >= 0.3 is 0 Å². The molecular formula is C14H15ClN2S. The van der Waals surface area contributed by atoms with Gasteiger partial charge in [-0.15, -0.1) is 11.3 Å². The summed E-state index contributed by atoms with van der Waals surface area (Å²) < 4.78 is 0. The van der Waals surface area contributed by atoms with Gasteiger partial charge in [-0.1, -0.05) is 30.9 Å². The van der Waals surface area contributed by atoms with Gasteiger partial charge in [0, 0.05) is 6.42 Å². The van der Waals surface area contributed by atoms with Crippen LogP contribution < -0.4 is 0 Å². The molecule has 0 spiro atoms. The maximum Gasteiger partial charge on any atom is 0.141 e. The van der Waals surface area contributed by atoms with Gasteiger partial charge in [0.25, 0.3) is 0 Å². The van der Waals surface area contributed by atoms with Crippen molar-refractivity contribution >= 4 is 33.2 Å². The predicted octanol–water partition coefficient (Wildman–Crippen LogP) is 4.56. The SMILES string of the molecule is Clc1nc(CC2CCC2)nc2scc(C3CC3)c12. The molecule has 0 unspecified atom stereocenters. The van der Waals surface area contributed by atoms with Gasteiger partial charge < -0.3 is 0 Å². The number of fused-ring (bicyclic) bond motifs is 1. The fourth-order valence-corrected chi connectivity index (χ4v) is 4.09. The van der Waals surface area contributed by atoms with Gasteiger partial charge in [-0.2, -0.15) is 0 Å². The summed E-state index contributed by atoms with van der Waals surface area (Å²) in [4.78, 5) is 10.3. The van der Waals surface area contributed by atoms with Crippen molar-refractivity contribution in [3.63, 3.8) is 0 Å². The molecule has 2 nitrogen and oxygen atoms in total. The number of thiophene rings is 1. The number of hydrogen-bond donors (Lipinski definition) is 0. The first kappa shape index (κ1) is 11.2. The highest BCUT2D eigenvalue weighted by Gasteiger charge is 2.28. The zero-order valence-corrected chi connectivity index (χ0v) is 11.7. The quantitative estimate of drug-likeness (QED) is 0.769. The molecule has 94 valence electrons. The Morgan fingerprint density at radius 2 is 2.06 bits per heavy atom. The Hall–Kier alpha value is -0.670. The van der Waals surface area contributed by atoms with Crippen molar-refractivity contribution < 1.29 is 0 Å². The van der Waals surface area contributed by atoms with Crippen LogP contribution in [0, 0.1) is 5.92 Å². The number of rotatable bonds is 3. The van der Waals surface area contributed by atoms with E-state index in [1.807, 2.05) is 0 Å². The summed E-state index contributed by atoms with van der Waals surface area (Å²) in [5.41, 5.74) is 1.38. The minimum Gasteiger partial charge on any atom is -0.222 e. The normalized spacial score (nSPS) is 20.3. The van der Waals surface area contributed by atoms with E-state index in [2.05, 4.69) is 10.4 Å². The van der Waals surface area contributed by atoms with Crippen LogP contribution in [-0.2, 0) is 6.42 Å². The largest absolute Gasteiger partial charge is 0.222 e. The van der Waals surface area contributed by atoms with E-state index in [1.165, 1.54) is 37.7 Å². The maximum absolute atomic E-state index is 6.38. The highest BCUT2D eigenvalue weighted by molar-refractivity contribution is 7.17. The molecule has 0 aliphatic heterocycles. The van der Waals surface area contributed by atoms with Crippen LogP contribution in [0.3, 0.4) is 0 Å². The van der Waals surface area contributed by atoms with Gasteiger partial charge in [0.1, 0.15) is 15.8 Å². The molecule has 2 heterocycles. The van der Waals surface area contributed by atoms with Crippen molar-refractivity contribution in [2.24, 2.45) is 5.92 Å². The summed E-state index contributed by atoms with van der Waals surface area (Å²) in [7, 11) is 0. The molecule has 18 heavy (non-hydrogen) atoms. The van der Waals surface area contributed by atoms with E-state index in [-0.39, 0.29) is 0 Å². The average molecular weight is 279 g/mol. The van der Waals surface area contributed by atoms with Crippen LogP contribution in [0.5, 0.6) is 0 Å². The van der Waals surface area contributed by atoms with Crippen LogP contribution >= 0.6 is 22.9 Å². The Morgan fingerprint density at radius 1 is 1.22 bits per heavy atom. The predicted molar refractivity (Wildman–Crippen MR) is 75.4 cm³/mol. The number of halogens is 1.